The first-order valence-corrected chi connectivity index (χ1v) is 7.25. The molecule has 0 aromatic heterocycles. The van der Waals surface area contributed by atoms with Gasteiger partial charge in [0.25, 0.3) is 0 Å². The Morgan fingerprint density at radius 3 is 2.58 bits per heavy atom. The average Bonchev–Trinajstić information content (AvgIpc) is 2.57. The Hall–Kier alpha value is -2.64. The van der Waals surface area contributed by atoms with Gasteiger partial charge >= 0.3 is 5.97 Å². The topological polar surface area (TPSA) is 105 Å². The van der Waals surface area contributed by atoms with Crippen LogP contribution in [0.1, 0.15) is 18.1 Å². The molecule has 0 unspecified atom stereocenters. The summed E-state index contributed by atoms with van der Waals surface area (Å²) in [5.74, 6) is 3.80. The second kappa shape index (κ2) is 7.29. The van der Waals surface area contributed by atoms with E-state index in [0.29, 0.717) is 5.56 Å². The van der Waals surface area contributed by atoms with Crippen LogP contribution in [-0.2, 0) is 22.6 Å². The molecule has 128 valence electrons. The summed E-state index contributed by atoms with van der Waals surface area (Å²) >= 11 is 0. The van der Waals surface area contributed by atoms with E-state index in [1.165, 1.54) is 31.2 Å². The average molecular weight is 334 g/mol. The van der Waals surface area contributed by atoms with Crippen LogP contribution in [0.5, 0.6) is 11.5 Å². The molecule has 2 aromatic rings. The van der Waals surface area contributed by atoms with E-state index in [1.807, 2.05) is 0 Å². The van der Waals surface area contributed by atoms with Gasteiger partial charge in [0.2, 0.25) is 0 Å². The standard InChI is InChI=1S/C17H19FN2O4/c1-17(20-19,9-11-6-7-14(21)15(22)8-11)16(23)24-10-12-4-2-3-5-13(12)18/h2-8,20-22H,9-10,19H2,1H3/t17-/m0/s1. The van der Waals surface area contributed by atoms with Crippen LogP contribution in [0.4, 0.5) is 4.39 Å². The molecule has 0 radical (unpaired) electrons. The third-order valence-electron chi connectivity index (χ3n) is 3.68. The summed E-state index contributed by atoms with van der Waals surface area (Å²) in [6.45, 7) is 1.31. The van der Waals surface area contributed by atoms with Crippen molar-refractivity contribution in [3.8, 4) is 11.5 Å². The number of carbonyl (C=O) groups excluding carboxylic acids is 1. The molecule has 24 heavy (non-hydrogen) atoms. The van der Waals surface area contributed by atoms with E-state index < -0.39 is 17.3 Å². The largest absolute Gasteiger partial charge is 0.504 e. The van der Waals surface area contributed by atoms with Gasteiger partial charge in [0.05, 0.1) is 0 Å². The highest BCUT2D eigenvalue weighted by Gasteiger charge is 2.34. The van der Waals surface area contributed by atoms with E-state index in [1.54, 1.807) is 18.2 Å². The predicted molar refractivity (Wildman–Crippen MR) is 85.4 cm³/mol. The van der Waals surface area contributed by atoms with Crippen LogP contribution in [0.15, 0.2) is 42.5 Å². The van der Waals surface area contributed by atoms with Gasteiger partial charge in [-0.05, 0) is 30.7 Å². The summed E-state index contributed by atoms with van der Waals surface area (Å²) in [6.07, 6.45) is 0.105. The van der Waals surface area contributed by atoms with Crippen molar-refractivity contribution in [3.63, 3.8) is 0 Å². The summed E-state index contributed by atoms with van der Waals surface area (Å²) in [5.41, 5.74) is 1.94. The number of carbonyl (C=O) groups is 1. The van der Waals surface area contributed by atoms with Crippen molar-refractivity contribution in [1.82, 2.24) is 5.43 Å². The molecule has 0 amide bonds. The monoisotopic (exact) mass is 334 g/mol. The molecule has 0 spiro atoms. The lowest BCUT2D eigenvalue weighted by Gasteiger charge is -2.26. The first-order valence-electron chi connectivity index (χ1n) is 7.25. The van der Waals surface area contributed by atoms with Crippen LogP contribution >= 0.6 is 0 Å². The highest BCUT2D eigenvalue weighted by Crippen LogP contribution is 2.27. The molecule has 0 fully saturated rings. The number of benzene rings is 2. The quantitative estimate of drug-likeness (QED) is 0.278. The number of esters is 1. The van der Waals surface area contributed by atoms with Crippen LogP contribution < -0.4 is 11.3 Å². The lowest BCUT2D eigenvalue weighted by Crippen LogP contribution is -2.55. The molecule has 0 bridgehead atoms. The zero-order chi connectivity index (χ0) is 17.7. The maximum atomic E-state index is 13.6. The molecule has 7 heteroatoms. The second-order valence-electron chi connectivity index (χ2n) is 5.64. The summed E-state index contributed by atoms with van der Waals surface area (Å²) in [4.78, 5) is 12.3. The number of hydrogen-bond acceptors (Lipinski definition) is 6. The van der Waals surface area contributed by atoms with E-state index in [4.69, 9.17) is 10.6 Å². The van der Waals surface area contributed by atoms with Gasteiger partial charge in [-0.3, -0.25) is 5.84 Å². The van der Waals surface area contributed by atoms with Crippen LogP contribution in [0.3, 0.4) is 0 Å². The fourth-order valence-corrected chi connectivity index (χ4v) is 2.19. The first kappa shape index (κ1) is 17.7. The Morgan fingerprint density at radius 1 is 1.25 bits per heavy atom. The highest BCUT2D eigenvalue weighted by atomic mass is 19.1. The first-order chi connectivity index (χ1) is 11.4. The van der Waals surface area contributed by atoms with Crippen molar-refractivity contribution in [2.45, 2.75) is 25.5 Å². The van der Waals surface area contributed by atoms with Crippen molar-refractivity contribution in [1.29, 1.82) is 0 Å². The molecule has 0 saturated heterocycles. The van der Waals surface area contributed by atoms with Crippen molar-refractivity contribution < 1.29 is 24.1 Å². The number of rotatable bonds is 6. The minimum Gasteiger partial charge on any atom is -0.504 e. The normalized spacial score (nSPS) is 13.3. The van der Waals surface area contributed by atoms with E-state index in [-0.39, 0.29) is 30.1 Å². The third-order valence-corrected chi connectivity index (χ3v) is 3.68. The number of nitrogens with one attached hydrogen (secondary N) is 1. The molecular formula is C17H19FN2O4. The molecule has 2 rings (SSSR count). The highest BCUT2D eigenvalue weighted by molar-refractivity contribution is 5.80. The van der Waals surface area contributed by atoms with Crippen LogP contribution in [-0.4, -0.2) is 21.7 Å². The van der Waals surface area contributed by atoms with E-state index in [9.17, 15) is 19.4 Å². The van der Waals surface area contributed by atoms with Crippen molar-refractivity contribution in [3.05, 3.63) is 59.4 Å². The van der Waals surface area contributed by atoms with Gasteiger partial charge in [0.1, 0.15) is 18.0 Å². The number of ether oxygens (including phenoxy) is 1. The third kappa shape index (κ3) is 4.01. The zero-order valence-electron chi connectivity index (χ0n) is 13.1. The number of phenolic OH excluding ortho intramolecular Hbond substituents is 2. The number of halogens is 1. The zero-order valence-corrected chi connectivity index (χ0v) is 13.1. The summed E-state index contributed by atoms with van der Waals surface area (Å²) in [6, 6.07) is 10.2. The van der Waals surface area contributed by atoms with Crippen LogP contribution in [0, 0.1) is 5.82 Å². The van der Waals surface area contributed by atoms with Gasteiger partial charge in [0, 0.05) is 12.0 Å². The van der Waals surface area contributed by atoms with E-state index in [0.717, 1.165) is 0 Å². The molecule has 6 nitrogen and oxygen atoms in total. The fourth-order valence-electron chi connectivity index (χ4n) is 2.19. The van der Waals surface area contributed by atoms with Gasteiger partial charge in [-0.15, -0.1) is 0 Å². The number of aromatic hydroxyl groups is 2. The molecule has 0 saturated carbocycles. The minimum absolute atomic E-state index is 0.105. The number of hydrogen-bond donors (Lipinski definition) is 4. The molecule has 0 aliphatic rings. The van der Waals surface area contributed by atoms with Crippen molar-refractivity contribution >= 4 is 5.97 Å². The predicted octanol–water partition coefficient (Wildman–Crippen LogP) is 1.74. The molecule has 0 aliphatic carbocycles. The molecule has 1 atom stereocenters. The van der Waals surface area contributed by atoms with Crippen LogP contribution in [0.25, 0.3) is 0 Å². The maximum Gasteiger partial charge on any atom is 0.328 e. The Labute approximate surface area is 138 Å². The lowest BCUT2D eigenvalue weighted by atomic mass is 9.93. The Balaban J connectivity index is 2.08. The van der Waals surface area contributed by atoms with Gasteiger partial charge in [-0.1, -0.05) is 24.3 Å². The fraction of sp³-hybridized carbons (Fsp3) is 0.235. The van der Waals surface area contributed by atoms with E-state index >= 15 is 0 Å². The summed E-state index contributed by atoms with van der Waals surface area (Å²) in [5, 5.41) is 18.9. The smallest absolute Gasteiger partial charge is 0.328 e. The SMILES string of the molecule is C[C@@](Cc1ccc(O)c(O)c1)(NN)C(=O)OCc1ccccc1F. The van der Waals surface area contributed by atoms with Gasteiger partial charge < -0.3 is 14.9 Å². The maximum absolute atomic E-state index is 13.6. The van der Waals surface area contributed by atoms with Crippen molar-refractivity contribution in [2.24, 2.45) is 5.84 Å². The number of nitrogens with two attached hydrogens (primary N) is 1. The minimum atomic E-state index is -1.28. The van der Waals surface area contributed by atoms with Crippen LogP contribution in [0.2, 0.25) is 0 Å². The molecule has 0 aliphatic heterocycles. The molecular weight excluding hydrogens is 315 g/mol. The number of phenols is 2. The lowest BCUT2D eigenvalue weighted by molar-refractivity contribution is -0.152. The summed E-state index contributed by atoms with van der Waals surface area (Å²) < 4.78 is 18.7. The molecule has 0 heterocycles. The van der Waals surface area contributed by atoms with Gasteiger partial charge in [-0.25, -0.2) is 14.6 Å². The Kier molecular flexibility index (Phi) is 5.38. The molecule has 5 N–H and O–H groups in total. The Bertz CT molecular complexity index is 738. The molecule has 2 aromatic carbocycles. The number of hydrazine groups is 1. The second-order valence-corrected chi connectivity index (χ2v) is 5.64. The van der Waals surface area contributed by atoms with Crippen molar-refractivity contribution in [2.75, 3.05) is 0 Å². The van der Waals surface area contributed by atoms with Gasteiger partial charge in [0.15, 0.2) is 11.5 Å². The Morgan fingerprint density at radius 2 is 1.96 bits per heavy atom. The van der Waals surface area contributed by atoms with Gasteiger partial charge in [-0.2, -0.15) is 0 Å². The summed E-state index contributed by atoms with van der Waals surface area (Å²) in [7, 11) is 0. The van der Waals surface area contributed by atoms with E-state index in [2.05, 4.69) is 5.43 Å².